The number of rotatable bonds is 5. The summed E-state index contributed by atoms with van der Waals surface area (Å²) in [6.07, 6.45) is 1.81. The number of carbonyl (C=O) groups excluding carboxylic acids is 2. The van der Waals surface area contributed by atoms with Crippen LogP contribution in [0.2, 0.25) is 0 Å². The smallest absolute Gasteiger partial charge is 0.239 e. The zero-order valence-electron chi connectivity index (χ0n) is 13.4. The highest BCUT2D eigenvalue weighted by Gasteiger charge is 2.12. The summed E-state index contributed by atoms with van der Waals surface area (Å²) in [5, 5.41) is 6.30. The molecule has 0 unspecified atom stereocenters. The maximum Gasteiger partial charge on any atom is 0.239 e. The van der Waals surface area contributed by atoms with Crippen molar-refractivity contribution < 1.29 is 14.0 Å². The summed E-state index contributed by atoms with van der Waals surface area (Å²) in [6, 6.07) is 4.07. The van der Waals surface area contributed by atoms with Gasteiger partial charge in [0.05, 0.1) is 19.2 Å². The molecule has 5 nitrogen and oxygen atoms in total. The Kier molecular flexibility index (Phi) is 4.85. The SMILES string of the molecule is Cc1cc2occ(CC(=O)NCC(=O)NC(C)C)c2cc1C. The van der Waals surface area contributed by atoms with Crippen molar-refractivity contribution in [2.75, 3.05) is 6.54 Å². The molecule has 0 spiro atoms. The largest absolute Gasteiger partial charge is 0.464 e. The lowest BCUT2D eigenvalue weighted by molar-refractivity contribution is -0.126. The van der Waals surface area contributed by atoms with Crippen LogP contribution in [0.15, 0.2) is 22.8 Å². The average molecular weight is 302 g/mol. The Bertz CT molecular complexity index is 701. The van der Waals surface area contributed by atoms with Crippen molar-refractivity contribution in [2.24, 2.45) is 0 Å². The van der Waals surface area contributed by atoms with E-state index < -0.39 is 0 Å². The standard InChI is InChI=1S/C17H22N2O3/c1-10(2)19-17(21)8-18-16(20)7-13-9-22-15-6-12(4)11(3)5-14(13)15/h5-6,9-10H,7-8H2,1-4H3,(H,18,20)(H,19,21). The van der Waals surface area contributed by atoms with Crippen LogP contribution in [-0.4, -0.2) is 24.4 Å². The normalized spacial score (nSPS) is 11.0. The minimum Gasteiger partial charge on any atom is -0.464 e. The molecule has 0 fully saturated rings. The van der Waals surface area contributed by atoms with Gasteiger partial charge in [0, 0.05) is 17.0 Å². The molecule has 0 bridgehead atoms. The summed E-state index contributed by atoms with van der Waals surface area (Å²) in [6.45, 7) is 7.80. The summed E-state index contributed by atoms with van der Waals surface area (Å²) in [5.74, 6) is -0.383. The summed E-state index contributed by atoms with van der Waals surface area (Å²) in [7, 11) is 0. The molecule has 1 heterocycles. The van der Waals surface area contributed by atoms with Gasteiger partial charge < -0.3 is 15.1 Å². The number of aryl methyl sites for hydroxylation is 2. The molecule has 2 N–H and O–H groups in total. The van der Waals surface area contributed by atoms with Gasteiger partial charge in [-0.2, -0.15) is 0 Å². The fourth-order valence-electron chi connectivity index (χ4n) is 2.26. The second-order valence-corrected chi connectivity index (χ2v) is 5.87. The Morgan fingerprint density at radius 1 is 1.14 bits per heavy atom. The molecule has 1 aromatic carbocycles. The zero-order chi connectivity index (χ0) is 16.3. The van der Waals surface area contributed by atoms with Gasteiger partial charge in [-0.3, -0.25) is 9.59 Å². The lowest BCUT2D eigenvalue weighted by atomic mass is 10.0. The van der Waals surface area contributed by atoms with Crippen molar-refractivity contribution in [1.29, 1.82) is 0 Å². The van der Waals surface area contributed by atoms with E-state index in [1.54, 1.807) is 6.26 Å². The predicted octanol–water partition coefficient (Wildman–Crippen LogP) is 2.23. The molecule has 0 radical (unpaired) electrons. The first-order valence-electron chi connectivity index (χ1n) is 7.40. The summed E-state index contributed by atoms with van der Waals surface area (Å²) >= 11 is 0. The topological polar surface area (TPSA) is 71.3 Å². The molecule has 2 aromatic rings. The lowest BCUT2D eigenvalue weighted by Crippen LogP contribution is -2.40. The second kappa shape index (κ2) is 6.64. The fourth-order valence-corrected chi connectivity index (χ4v) is 2.26. The number of hydrogen-bond donors (Lipinski definition) is 2. The van der Waals surface area contributed by atoms with Crippen LogP contribution in [0.5, 0.6) is 0 Å². The third-order valence-corrected chi connectivity index (χ3v) is 3.52. The molecule has 118 valence electrons. The Labute approximate surface area is 130 Å². The van der Waals surface area contributed by atoms with E-state index in [4.69, 9.17) is 4.42 Å². The Morgan fingerprint density at radius 3 is 2.50 bits per heavy atom. The molecule has 22 heavy (non-hydrogen) atoms. The van der Waals surface area contributed by atoms with Crippen LogP contribution in [0, 0.1) is 13.8 Å². The van der Waals surface area contributed by atoms with E-state index >= 15 is 0 Å². The molecule has 2 amide bonds. The number of nitrogens with one attached hydrogen (secondary N) is 2. The number of carbonyl (C=O) groups is 2. The third-order valence-electron chi connectivity index (χ3n) is 3.52. The van der Waals surface area contributed by atoms with E-state index in [1.165, 1.54) is 0 Å². The van der Waals surface area contributed by atoms with Crippen LogP contribution in [0.1, 0.15) is 30.5 Å². The molecule has 5 heteroatoms. The molecule has 0 saturated carbocycles. The van der Waals surface area contributed by atoms with Crippen LogP contribution in [0.3, 0.4) is 0 Å². The van der Waals surface area contributed by atoms with Gasteiger partial charge in [-0.05, 0) is 51.0 Å². The molecule has 2 rings (SSSR count). The third kappa shape index (κ3) is 3.87. The van der Waals surface area contributed by atoms with Gasteiger partial charge in [-0.15, -0.1) is 0 Å². The van der Waals surface area contributed by atoms with Crippen LogP contribution in [0.25, 0.3) is 11.0 Å². The molecule has 0 aliphatic carbocycles. The summed E-state index contributed by atoms with van der Waals surface area (Å²) in [4.78, 5) is 23.5. The molecule has 0 saturated heterocycles. The Balaban J connectivity index is 2.00. The Morgan fingerprint density at radius 2 is 1.82 bits per heavy atom. The molecular formula is C17H22N2O3. The lowest BCUT2D eigenvalue weighted by Gasteiger charge is -2.09. The van der Waals surface area contributed by atoms with Crippen LogP contribution in [0.4, 0.5) is 0 Å². The van der Waals surface area contributed by atoms with Crippen molar-refractivity contribution in [2.45, 2.75) is 40.2 Å². The molecule has 0 aliphatic heterocycles. The van der Waals surface area contributed by atoms with Gasteiger partial charge in [0.15, 0.2) is 0 Å². The number of benzene rings is 1. The average Bonchev–Trinajstić information content (AvgIpc) is 2.79. The first-order chi connectivity index (χ1) is 10.4. The minimum absolute atomic E-state index is 0.00899. The first-order valence-corrected chi connectivity index (χ1v) is 7.40. The van der Waals surface area contributed by atoms with Gasteiger partial charge in [-0.1, -0.05) is 0 Å². The van der Waals surface area contributed by atoms with Crippen LogP contribution >= 0.6 is 0 Å². The summed E-state index contributed by atoms with van der Waals surface area (Å²) < 4.78 is 5.50. The molecule has 0 atom stereocenters. The maximum atomic E-state index is 12.0. The van der Waals surface area contributed by atoms with Crippen molar-refractivity contribution in [3.05, 3.63) is 35.1 Å². The van der Waals surface area contributed by atoms with Crippen LogP contribution < -0.4 is 10.6 Å². The second-order valence-electron chi connectivity index (χ2n) is 5.87. The van der Waals surface area contributed by atoms with E-state index in [0.717, 1.165) is 27.7 Å². The monoisotopic (exact) mass is 302 g/mol. The van der Waals surface area contributed by atoms with Gasteiger partial charge in [0.1, 0.15) is 5.58 Å². The number of fused-ring (bicyclic) bond motifs is 1. The highest BCUT2D eigenvalue weighted by molar-refractivity contribution is 5.90. The number of furan rings is 1. The van der Waals surface area contributed by atoms with Gasteiger partial charge in [0.2, 0.25) is 11.8 Å². The summed E-state index contributed by atoms with van der Waals surface area (Å²) in [5.41, 5.74) is 3.93. The van der Waals surface area contributed by atoms with Crippen molar-refractivity contribution in [3.63, 3.8) is 0 Å². The molecule has 0 aliphatic rings. The predicted molar refractivity (Wildman–Crippen MR) is 85.7 cm³/mol. The van der Waals surface area contributed by atoms with E-state index in [1.807, 2.05) is 39.8 Å². The number of amides is 2. The van der Waals surface area contributed by atoms with Crippen molar-refractivity contribution in [3.8, 4) is 0 Å². The Hall–Kier alpha value is -2.30. The zero-order valence-corrected chi connectivity index (χ0v) is 13.4. The molecular weight excluding hydrogens is 280 g/mol. The van der Waals surface area contributed by atoms with E-state index in [-0.39, 0.29) is 30.8 Å². The van der Waals surface area contributed by atoms with Crippen LogP contribution in [-0.2, 0) is 16.0 Å². The van der Waals surface area contributed by atoms with E-state index in [9.17, 15) is 9.59 Å². The van der Waals surface area contributed by atoms with E-state index in [0.29, 0.717) is 0 Å². The quantitative estimate of drug-likeness (QED) is 0.889. The van der Waals surface area contributed by atoms with Crippen molar-refractivity contribution >= 4 is 22.8 Å². The number of hydrogen-bond acceptors (Lipinski definition) is 3. The fraction of sp³-hybridized carbons (Fsp3) is 0.412. The van der Waals surface area contributed by atoms with Crippen molar-refractivity contribution in [1.82, 2.24) is 10.6 Å². The molecule has 1 aromatic heterocycles. The highest BCUT2D eigenvalue weighted by atomic mass is 16.3. The minimum atomic E-state index is -0.195. The first kappa shape index (κ1) is 16.1. The highest BCUT2D eigenvalue weighted by Crippen LogP contribution is 2.25. The van der Waals surface area contributed by atoms with Gasteiger partial charge in [0.25, 0.3) is 0 Å². The van der Waals surface area contributed by atoms with E-state index in [2.05, 4.69) is 10.6 Å². The van der Waals surface area contributed by atoms with Gasteiger partial charge >= 0.3 is 0 Å². The van der Waals surface area contributed by atoms with Gasteiger partial charge in [-0.25, -0.2) is 0 Å². The maximum absolute atomic E-state index is 12.0.